The van der Waals surface area contributed by atoms with Crippen LogP contribution in [0.1, 0.15) is 49.3 Å². The zero-order valence-electron chi connectivity index (χ0n) is 18.0. The van der Waals surface area contributed by atoms with Gasteiger partial charge in [-0.05, 0) is 43.0 Å². The normalized spacial score (nSPS) is 14.9. The maximum Gasteiger partial charge on any atom is 0.416 e. The number of nitrogens with zero attached hydrogens (tertiary/aromatic N) is 3. The monoisotopic (exact) mass is 458 g/mol. The molecule has 1 aliphatic carbocycles. The van der Waals surface area contributed by atoms with E-state index in [-0.39, 0.29) is 24.2 Å². The first-order valence-electron chi connectivity index (χ1n) is 11.0. The van der Waals surface area contributed by atoms with E-state index in [1.165, 1.54) is 21.3 Å². The second-order valence-electron chi connectivity index (χ2n) is 8.25. The van der Waals surface area contributed by atoms with Crippen LogP contribution in [0.15, 0.2) is 64.2 Å². The van der Waals surface area contributed by atoms with Crippen molar-refractivity contribution in [3.05, 3.63) is 86.7 Å². The number of benzene rings is 2. The Bertz CT molecular complexity index is 1210. The highest BCUT2D eigenvalue weighted by atomic mass is 19.4. The molecule has 6 nitrogen and oxygen atoms in total. The van der Waals surface area contributed by atoms with Gasteiger partial charge in [-0.1, -0.05) is 55.7 Å². The summed E-state index contributed by atoms with van der Waals surface area (Å²) in [4.78, 5) is 30.3. The molecule has 1 aromatic heterocycles. The first-order chi connectivity index (χ1) is 15.8. The number of hydrogen-bond acceptors (Lipinski definition) is 4. The van der Waals surface area contributed by atoms with Gasteiger partial charge in [0, 0.05) is 18.3 Å². The SMILES string of the molecule is O=c1nc(Nc2cccc(C(F)(F)F)c2)n(CCc2ccccc2)c(=O)n1C1CCCCC1. The van der Waals surface area contributed by atoms with E-state index in [0.717, 1.165) is 49.8 Å². The molecule has 9 heteroatoms. The van der Waals surface area contributed by atoms with E-state index in [9.17, 15) is 22.8 Å². The summed E-state index contributed by atoms with van der Waals surface area (Å²) in [7, 11) is 0. The second kappa shape index (κ2) is 9.64. The molecule has 3 aromatic rings. The van der Waals surface area contributed by atoms with Crippen molar-refractivity contribution in [3.63, 3.8) is 0 Å². The molecular formula is C24H25F3N4O2. The third kappa shape index (κ3) is 5.35. The minimum absolute atomic E-state index is 0.0627. The number of anilines is 2. The lowest BCUT2D eigenvalue weighted by Gasteiger charge is -2.24. The summed E-state index contributed by atoms with van der Waals surface area (Å²) in [6.45, 7) is 0.226. The van der Waals surface area contributed by atoms with Gasteiger partial charge in [0.1, 0.15) is 0 Å². The van der Waals surface area contributed by atoms with E-state index in [1.54, 1.807) is 0 Å². The second-order valence-corrected chi connectivity index (χ2v) is 8.25. The van der Waals surface area contributed by atoms with Crippen LogP contribution in [0, 0.1) is 0 Å². The van der Waals surface area contributed by atoms with Crippen molar-refractivity contribution in [2.24, 2.45) is 0 Å². The molecule has 2 aromatic carbocycles. The van der Waals surface area contributed by atoms with Gasteiger partial charge >= 0.3 is 17.6 Å². The molecule has 0 saturated heterocycles. The summed E-state index contributed by atoms with van der Waals surface area (Å²) in [6, 6.07) is 13.9. The van der Waals surface area contributed by atoms with Gasteiger partial charge in [-0.25, -0.2) is 14.2 Å². The molecule has 1 fully saturated rings. The maximum atomic E-state index is 13.4. The third-order valence-electron chi connectivity index (χ3n) is 5.95. The van der Waals surface area contributed by atoms with Gasteiger partial charge in [-0.15, -0.1) is 0 Å². The number of aryl methyl sites for hydroxylation is 1. The van der Waals surface area contributed by atoms with Crippen molar-refractivity contribution in [3.8, 4) is 0 Å². The molecule has 0 aliphatic heterocycles. The van der Waals surface area contributed by atoms with Crippen molar-refractivity contribution < 1.29 is 13.2 Å². The lowest BCUT2D eigenvalue weighted by atomic mass is 9.95. The van der Waals surface area contributed by atoms with E-state index in [2.05, 4.69) is 10.3 Å². The third-order valence-corrected chi connectivity index (χ3v) is 5.95. The molecular weight excluding hydrogens is 433 g/mol. The van der Waals surface area contributed by atoms with E-state index in [1.807, 2.05) is 30.3 Å². The van der Waals surface area contributed by atoms with Crippen LogP contribution in [0.2, 0.25) is 0 Å². The van der Waals surface area contributed by atoms with E-state index in [0.29, 0.717) is 6.42 Å². The molecule has 0 spiro atoms. The average molecular weight is 458 g/mol. The molecule has 1 heterocycles. The van der Waals surface area contributed by atoms with Gasteiger partial charge in [0.2, 0.25) is 5.95 Å². The van der Waals surface area contributed by atoms with Crippen LogP contribution in [0.5, 0.6) is 0 Å². The Morgan fingerprint density at radius 2 is 1.70 bits per heavy atom. The fourth-order valence-corrected chi connectivity index (χ4v) is 4.24. The van der Waals surface area contributed by atoms with Crippen LogP contribution in [-0.2, 0) is 19.1 Å². The van der Waals surface area contributed by atoms with E-state index < -0.39 is 23.1 Å². The predicted octanol–water partition coefficient (Wildman–Crippen LogP) is 4.92. The lowest BCUT2D eigenvalue weighted by molar-refractivity contribution is -0.137. The average Bonchev–Trinajstić information content (AvgIpc) is 2.80. The smallest absolute Gasteiger partial charge is 0.325 e. The fraction of sp³-hybridized carbons (Fsp3) is 0.375. The van der Waals surface area contributed by atoms with E-state index >= 15 is 0 Å². The van der Waals surface area contributed by atoms with Crippen LogP contribution in [0.3, 0.4) is 0 Å². The van der Waals surface area contributed by atoms with Crippen molar-refractivity contribution >= 4 is 11.6 Å². The highest BCUT2D eigenvalue weighted by molar-refractivity contribution is 5.54. The minimum atomic E-state index is -4.51. The van der Waals surface area contributed by atoms with Crippen LogP contribution in [0.25, 0.3) is 0 Å². The number of aromatic nitrogens is 3. The molecule has 0 bridgehead atoms. The van der Waals surface area contributed by atoms with Crippen LogP contribution < -0.4 is 16.7 Å². The molecule has 0 radical (unpaired) electrons. The summed E-state index contributed by atoms with van der Waals surface area (Å²) in [6.07, 6.45) is 0.391. The Hall–Kier alpha value is -3.36. The number of rotatable bonds is 6. The zero-order chi connectivity index (χ0) is 23.4. The van der Waals surface area contributed by atoms with Crippen LogP contribution >= 0.6 is 0 Å². The number of alkyl halides is 3. The molecule has 0 amide bonds. The molecule has 1 N–H and O–H groups in total. The van der Waals surface area contributed by atoms with Gasteiger partial charge in [0.25, 0.3) is 0 Å². The first kappa shape index (κ1) is 22.8. The molecule has 4 rings (SSSR count). The van der Waals surface area contributed by atoms with Gasteiger partial charge in [0.15, 0.2) is 0 Å². The molecule has 0 atom stereocenters. The van der Waals surface area contributed by atoms with Crippen molar-refractivity contribution in [2.45, 2.75) is 57.3 Å². The number of nitrogens with one attached hydrogen (secondary N) is 1. The standard InChI is InChI=1S/C24H25F3N4O2/c25-24(26,27)18-10-7-11-19(16-18)28-21-29-22(32)31(20-12-5-2-6-13-20)23(33)30(21)15-14-17-8-3-1-4-9-17/h1,3-4,7-11,16,20H,2,5-6,12-15H2,(H,28,29,32). The van der Waals surface area contributed by atoms with Gasteiger partial charge < -0.3 is 5.32 Å². The van der Waals surface area contributed by atoms with Gasteiger partial charge in [-0.3, -0.25) is 4.57 Å². The number of hydrogen-bond donors (Lipinski definition) is 1. The molecule has 33 heavy (non-hydrogen) atoms. The largest absolute Gasteiger partial charge is 0.416 e. The molecule has 1 aliphatic rings. The predicted molar refractivity (Wildman–Crippen MR) is 120 cm³/mol. The highest BCUT2D eigenvalue weighted by Crippen LogP contribution is 2.31. The summed E-state index contributed by atoms with van der Waals surface area (Å²) in [5.41, 5.74) is -0.921. The van der Waals surface area contributed by atoms with Crippen molar-refractivity contribution in [2.75, 3.05) is 5.32 Å². The first-order valence-corrected chi connectivity index (χ1v) is 11.0. The summed E-state index contributed by atoms with van der Waals surface area (Å²) >= 11 is 0. The van der Waals surface area contributed by atoms with Crippen molar-refractivity contribution in [1.29, 1.82) is 0 Å². The highest BCUT2D eigenvalue weighted by Gasteiger charge is 2.30. The Labute approximate surface area is 188 Å². The van der Waals surface area contributed by atoms with Crippen molar-refractivity contribution in [1.82, 2.24) is 14.1 Å². The van der Waals surface area contributed by atoms with Gasteiger partial charge in [-0.2, -0.15) is 18.2 Å². The van der Waals surface area contributed by atoms with Gasteiger partial charge in [0.05, 0.1) is 5.56 Å². The maximum absolute atomic E-state index is 13.4. The topological polar surface area (TPSA) is 68.9 Å². The van der Waals surface area contributed by atoms with Crippen LogP contribution in [-0.4, -0.2) is 14.1 Å². The van der Waals surface area contributed by atoms with E-state index in [4.69, 9.17) is 0 Å². The van der Waals surface area contributed by atoms with Crippen LogP contribution in [0.4, 0.5) is 24.8 Å². The Morgan fingerprint density at radius 3 is 2.39 bits per heavy atom. The summed E-state index contributed by atoms with van der Waals surface area (Å²) in [5.74, 6) is -0.0627. The molecule has 174 valence electrons. The summed E-state index contributed by atoms with van der Waals surface area (Å²) in [5, 5.41) is 2.77. The molecule has 1 saturated carbocycles. The fourth-order valence-electron chi connectivity index (χ4n) is 4.24. The Kier molecular flexibility index (Phi) is 6.67. The molecule has 0 unspecified atom stereocenters. The zero-order valence-corrected chi connectivity index (χ0v) is 18.0. The number of halogens is 3. The lowest BCUT2D eigenvalue weighted by Crippen LogP contribution is -2.45. The summed E-state index contributed by atoms with van der Waals surface area (Å²) < 4.78 is 41.9. The Morgan fingerprint density at radius 1 is 0.970 bits per heavy atom. The quantitative estimate of drug-likeness (QED) is 0.570. The minimum Gasteiger partial charge on any atom is -0.325 e. The Balaban J connectivity index is 1.73.